The van der Waals surface area contributed by atoms with E-state index in [2.05, 4.69) is 5.32 Å². The Bertz CT molecular complexity index is 1320. The third-order valence-corrected chi connectivity index (χ3v) is 6.86. The summed E-state index contributed by atoms with van der Waals surface area (Å²) in [7, 11) is 5.98. The Labute approximate surface area is 209 Å². The average Bonchev–Trinajstić information content (AvgIpc) is 3.20. The molecule has 8 heteroatoms. The van der Waals surface area contributed by atoms with Gasteiger partial charge in [0.05, 0.1) is 51.9 Å². The quantitative estimate of drug-likeness (QED) is 0.484. The molecular formula is C28H27NO7. The lowest BCUT2D eigenvalue weighted by Crippen LogP contribution is -2.36. The van der Waals surface area contributed by atoms with Crippen LogP contribution >= 0.6 is 0 Å². The number of carbonyl (C=O) groups is 2. The van der Waals surface area contributed by atoms with Crippen LogP contribution < -0.4 is 24.3 Å². The molecule has 0 unspecified atom stereocenters. The zero-order valence-electron chi connectivity index (χ0n) is 20.5. The molecule has 0 aromatic heterocycles. The van der Waals surface area contributed by atoms with Crippen LogP contribution in [0.4, 0.5) is 5.69 Å². The molecule has 3 atom stereocenters. The molecule has 3 aromatic carbocycles. The molecule has 0 amide bonds. The summed E-state index contributed by atoms with van der Waals surface area (Å²) in [5.74, 6) is -0.355. The molecule has 0 saturated heterocycles. The van der Waals surface area contributed by atoms with Crippen molar-refractivity contribution in [1.82, 2.24) is 0 Å². The third-order valence-electron chi connectivity index (χ3n) is 6.86. The van der Waals surface area contributed by atoms with E-state index in [0.29, 0.717) is 22.6 Å². The van der Waals surface area contributed by atoms with Crippen molar-refractivity contribution >= 4 is 17.4 Å². The summed E-state index contributed by atoms with van der Waals surface area (Å²) in [6.07, 6.45) is 0. The number of Topliss-reactive ketones (excluding diaryl/α,β-unsaturated/α-hetero) is 1. The maximum Gasteiger partial charge on any atom is 0.314 e. The van der Waals surface area contributed by atoms with Gasteiger partial charge in [-0.15, -0.1) is 0 Å². The minimum atomic E-state index is -0.760. The molecule has 1 aliphatic carbocycles. The number of nitrogens with one attached hydrogen (secondary N) is 1. The summed E-state index contributed by atoms with van der Waals surface area (Å²) < 4.78 is 27.9. The Kier molecular flexibility index (Phi) is 6.18. The number of para-hydroxylation sites is 1. The molecular weight excluding hydrogens is 462 g/mol. The highest BCUT2D eigenvalue weighted by atomic mass is 16.5. The van der Waals surface area contributed by atoms with Crippen molar-refractivity contribution in [3.05, 3.63) is 76.9 Å². The number of rotatable bonds is 7. The Hall–Kier alpha value is -4.20. The largest absolute Gasteiger partial charge is 0.497 e. The monoisotopic (exact) mass is 489 g/mol. The number of anilines is 1. The molecule has 36 heavy (non-hydrogen) atoms. The smallest absolute Gasteiger partial charge is 0.314 e. The number of ketones is 1. The fraction of sp³-hybridized carbons (Fsp3) is 0.286. The third kappa shape index (κ3) is 3.69. The fourth-order valence-electron chi connectivity index (χ4n) is 5.18. The van der Waals surface area contributed by atoms with Gasteiger partial charge in [-0.2, -0.15) is 0 Å². The van der Waals surface area contributed by atoms with Crippen molar-refractivity contribution in [2.75, 3.05) is 33.8 Å². The molecule has 0 saturated carbocycles. The van der Waals surface area contributed by atoms with E-state index in [9.17, 15) is 9.59 Å². The second kappa shape index (κ2) is 9.45. The van der Waals surface area contributed by atoms with Gasteiger partial charge < -0.3 is 29.0 Å². The number of benzene rings is 3. The van der Waals surface area contributed by atoms with E-state index in [-0.39, 0.29) is 18.1 Å². The lowest BCUT2D eigenvalue weighted by molar-refractivity contribution is -0.143. The van der Waals surface area contributed by atoms with E-state index in [4.69, 9.17) is 23.7 Å². The van der Waals surface area contributed by atoms with Crippen LogP contribution in [-0.4, -0.2) is 40.2 Å². The average molecular weight is 490 g/mol. The molecule has 0 bridgehead atoms. The number of fused-ring (bicyclic) bond motifs is 4. The zero-order valence-corrected chi connectivity index (χ0v) is 20.5. The summed E-state index contributed by atoms with van der Waals surface area (Å²) in [6.45, 7) is 0.191. The van der Waals surface area contributed by atoms with E-state index >= 15 is 0 Å². The Morgan fingerprint density at radius 2 is 1.64 bits per heavy atom. The number of methoxy groups -OCH3 is 4. The maximum atomic E-state index is 14.0. The van der Waals surface area contributed by atoms with Crippen LogP contribution in [0.2, 0.25) is 0 Å². The van der Waals surface area contributed by atoms with E-state index in [1.807, 2.05) is 48.5 Å². The van der Waals surface area contributed by atoms with Crippen LogP contribution in [0.5, 0.6) is 23.0 Å². The van der Waals surface area contributed by atoms with Gasteiger partial charge in [-0.1, -0.05) is 30.3 Å². The van der Waals surface area contributed by atoms with E-state index in [1.54, 1.807) is 13.2 Å². The molecule has 8 nitrogen and oxygen atoms in total. The van der Waals surface area contributed by atoms with Gasteiger partial charge in [-0.25, -0.2) is 0 Å². The summed E-state index contributed by atoms with van der Waals surface area (Å²) in [6, 6.07) is 16.2. The molecule has 2 aliphatic rings. The highest BCUT2D eigenvalue weighted by molar-refractivity contribution is 6.10. The molecule has 1 aliphatic heterocycles. The number of carbonyl (C=O) groups excluding carboxylic acids is 2. The van der Waals surface area contributed by atoms with Gasteiger partial charge in [0.25, 0.3) is 0 Å². The van der Waals surface area contributed by atoms with Crippen LogP contribution in [0.25, 0.3) is 0 Å². The first-order valence-electron chi connectivity index (χ1n) is 11.5. The zero-order chi connectivity index (χ0) is 25.4. The van der Waals surface area contributed by atoms with Gasteiger partial charge in [0.1, 0.15) is 12.4 Å². The van der Waals surface area contributed by atoms with Crippen molar-refractivity contribution in [2.45, 2.75) is 18.6 Å². The topological polar surface area (TPSA) is 92.3 Å². The highest BCUT2D eigenvalue weighted by Crippen LogP contribution is 2.56. The SMILES string of the molecule is COC(=O)[C@H]1c2ccccc2N[C@H]2c3cc(OC)c(OC)c(OCc4ccc(OC)cc4)c3C(=O)[C@H]21. The minimum Gasteiger partial charge on any atom is -0.497 e. The summed E-state index contributed by atoms with van der Waals surface area (Å²) >= 11 is 0. The number of esters is 1. The maximum absolute atomic E-state index is 14.0. The molecule has 5 rings (SSSR count). The van der Waals surface area contributed by atoms with Crippen LogP contribution in [0.1, 0.15) is 39.0 Å². The lowest BCUT2D eigenvalue weighted by atomic mass is 9.77. The second-order valence-corrected chi connectivity index (χ2v) is 8.64. The summed E-state index contributed by atoms with van der Waals surface area (Å²) in [5, 5.41) is 3.46. The molecule has 1 heterocycles. The normalized spacial score (nSPS) is 19.3. The Morgan fingerprint density at radius 3 is 2.31 bits per heavy atom. The van der Waals surface area contributed by atoms with Crippen LogP contribution in [-0.2, 0) is 16.1 Å². The van der Waals surface area contributed by atoms with Crippen LogP contribution in [0, 0.1) is 5.92 Å². The molecule has 0 fully saturated rings. The molecule has 186 valence electrons. The Balaban J connectivity index is 1.61. The van der Waals surface area contributed by atoms with E-state index in [0.717, 1.165) is 22.6 Å². The van der Waals surface area contributed by atoms with Crippen LogP contribution in [0.3, 0.4) is 0 Å². The predicted octanol–water partition coefficient (Wildman–Crippen LogP) is 4.53. The summed E-state index contributed by atoms with van der Waals surface area (Å²) in [5.41, 5.74) is 3.47. The highest BCUT2D eigenvalue weighted by Gasteiger charge is 2.53. The standard InChI is InChI=1S/C28H27NO7/c1-32-16-11-9-15(10-12-16)14-36-27-22-18(13-20(33-2)26(27)34-3)24-23(25(22)30)21(28(31)35-4)17-7-5-6-8-19(17)29-24/h5-13,21,23-24,29H,14H2,1-4H3/t21-,23-,24-/m0/s1. The predicted molar refractivity (Wildman–Crippen MR) is 132 cm³/mol. The molecule has 0 radical (unpaired) electrons. The lowest BCUT2D eigenvalue weighted by Gasteiger charge is -2.34. The van der Waals surface area contributed by atoms with Gasteiger partial charge in [0.2, 0.25) is 5.75 Å². The fourth-order valence-corrected chi connectivity index (χ4v) is 5.18. The molecule has 0 spiro atoms. The van der Waals surface area contributed by atoms with Crippen molar-refractivity contribution in [2.24, 2.45) is 5.92 Å². The van der Waals surface area contributed by atoms with E-state index in [1.165, 1.54) is 21.3 Å². The molecule has 1 N–H and O–H groups in total. The van der Waals surface area contributed by atoms with Gasteiger partial charge >= 0.3 is 5.97 Å². The van der Waals surface area contributed by atoms with Crippen molar-refractivity contribution in [3.63, 3.8) is 0 Å². The molecule has 3 aromatic rings. The number of hydrogen-bond acceptors (Lipinski definition) is 8. The van der Waals surface area contributed by atoms with Gasteiger partial charge in [0.15, 0.2) is 17.3 Å². The minimum absolute atomic E-state index is 0.191. The van der Waals surface area contributed by atoms with Gasteiger partial charge in [0, 0.05) is 5.69 Å². The first-order valence-corrected chi connectivity index (χ1v) is 11.5. The van der Waals surface area contributed by atoms with Crippen molar-refractivity contribution in [3.8, 4) is 23.0 Å². The number of hydrogen-bond donors (Lipinski definition) is 1. The summed E-state index contributed by atoms with van der Waals surface area (Å²) in [4.78, 5) is 27.0. The van der Waals surface area contributed by atoms with Gasteiger partial charge in [-0.3, -0.25) is 9.59 Å². The van der Waals surface area contributed by atoms with Crippen molar-refractivity contribution in [1.29, 1.82) is 0 Å². The van der Waals surface area contributed by atoms with Crippen LogP contribution in [0.15, 0.2) is 54.6 Å². The number of ether oxygens (including phenoxy) is 5. The van der Waals surface area contributed by atoms with Gasteiger partial charge in [-0.05, 0) is 41.0 Å². The van der Waals surface area contributed by atoms with Crippen molar-refractivity contribution < 1.29 is 33.3 Å². The van der Waals surface area contributed by atoms with E-state index < -0.39 is 23.8 Å². The second-order valence-electron chi connectivity index (χ2n) is 8.64. The first kappa shape index (κ1) is 23.5. The Morgan fingerprint density at radius 1 is 0.889 bits per heavy atom. The first-order chi connectivity index (χ1) is 17.5.